The Bertz CT molecular complexity index is 454. The molecule has 3 N–H and O–H groups in total. The summed E-state index contributed by atoms with van der Waals surface area (Å²) < 4.78 is 35.8. The Kier molecular flexibility index (Phi) is 3.59. The molecular formula is C10H13F3N4O3. The standard InChI is InChI=1S/C10H13F3N4O3/c11-10(12,13)4-14-3-6(18)17-2-1-9(5-17)7(19)15-8(20)16-9/h14H,1-5H2,(H2,15,16,19,20). The molecule has 10 heteroatoms. The number of rotatable bonds is 3. The van der Waals surface area contributed by atoms with Crippen LogP contribution in [0.25, 0.3) is 0 Å². The molecule has 0 saturated carbocycles. The molecule has 0 aromatic heterocycles. The highest BCUT2D eigenvalue weighted by molar-refractivity contribution is 6.07. The minimum absolute atomic E-state index is 0.0307. The molecule has 112 valence electrons. The van der Waals surface area contributed by atoms with E-state index in [0.717, 1.165) is 0 Å². The summed E-state index contributed by atoms with van der Waals surface area (Å²) in [4.78, 5) is 35.7. The normalized spacial score (nSPS) is 26.1. The molecule has 1 unspecified atom stereocenters. The van der Waals surface area contributed by atoms with E-state index in [-0.39, 0.29) is 19.5 Å². The Morgan fingerprint density at radius 2 is 2.10 bits per heavy atom. The highest BCUT2D eigenvalue weighted by atomic mass is 19.4. The van der Waals surface area contributed by atoms with Gasteiger partial charge in [0.15, 0.2) is 0 Å². The zero-order valence-corrected chi connectivity index (χ0v) is 10.3. The van der Waals surface area contributed by atoms with Crippen LogP contribution in [0.2, 0.25) is 0 Å². The maximum absolute atomic E-state index is 11.9. The van der Waals surface area contributed by atoms with E-state index in [0.29, 0.717) is 0 Å². The molecule has 0 aromatic rings. The Balaban J connectivity index is 1.85. The van der Waals surface area contributed by atoms with Crippen LogP contribution in [-0.4, -0.2) is 60.6 Å². The Labute approximate surface area is 111 Å². The van der Waals surface area contributed by atoms with Crippen LogP contribution < -0.4 is 16.0 Å². The van der Waals surface area contributed by atoms with Crippen LogP contribution in [0.3, 0.4) is 0 Å². The molecule has 2 aliphatic heterocycles. The van der Waals surface area contributed by atoms with Crippen LogP contribution in [0.5, 0.6) is 0 Å². The summed E-state index contributed by atoms with van der Waals surface area (Å²) in [6, 6.07) is -0.625. The largest absolute Gasteiger partial charge is 0.401 e. The third kappa shape index (κ3) is 3.00. The number of imide groups is 1. The van der Waals surface area contributed by atoms with E-state index >= 15 is 0 Å². The predicted octanol–water partition coefficient (Wildman–Crippen LogP) is -1.05. The maximum Gasteiger partial charge on any atom is 0.401 e. The average molecular weight is 294 g/mol. The predicted molar refractivity (Wildman–Crippen MR) is 59.5 cm³/mol. The van der Waals surface area contributed by atoms with Gasteiger partial charge in [-0.25, -0.2) is 4.79 Å². The van der Waals surface area contributed by atoms with Crippen molar-refractivity contribution in [2.45, 2.75) is 18.1 Å². The zero-order valence-electron chi connectivity index (χ0n) is 10.3. The van der Waals surface area contributed by atoms with Crippen LogP contribution >= 0.6 is 0 Å². The molecule has 0 aromatic carbocycles. The first-order valence-electron chi connectivity index (χ1n) is 5.91. The zero-order chi connectivity index (χ0) is 15.0. The van der Waals surface area contributed by atoms with Gasteiger partial charge >= 0.3 is 12.2 Å². The molecule has 0 bridgehead atoms. The van der Waals surface area contributed by atoms with Gasteiger partial charge in [-0.05, 0) is 6.42 Å². The molecule has 2 heterocycles. The van der Waals surface area contributed by atoms with E-state index in [4.69, 9.17) is 0 Å². The van der Waals surface area contributed by atoms with Crippen molar-refractivity contribution in [3.8, 4) is 0 Å². The SMILES string of the molecule is O=C1NC(=O)C2(CCN(C(=O)CNCC(F)(F)F)C2)N1. The van der Waals surface area contributed by atoms with E-state index in [9.17, 15) is 27.6 Å². The summed E-state index contributed by atoms with van der Waals surface area (Å²) in [5.74, 6) is -1.05. The lowest BCUT2D eigenvalue weighted by molar-refractivity contribution is -0.133. The van der Waals surface area contributed by atoms with Gasteiger partial charge in [0.2, 0.25) is 5.91 Å². The second-order valence-electron chi connectivity index (χ2n) is 4.77. The summed E-state index contributed by atoms with van der Waals surface area (Å²) in [6.45, 7) is -1.54. The highest BCUT2D eigenvalue weighted by Gasteiger charge is 2.51. The van der Waals surface area contributed by atoms with Gasteiger partial charge in [0, 0.05) is 6.54 Å². The summed E-state index contributed by atoms with van der Waals surface area (Å²) in [6.07, 6.45) is -4.14. The van der Waals surface area contributed by atoms with Crippen LogP contribution in [0.4, 0.5) is 18.0 Å². The Morgan fingerprint density at radius 1 is 1.40 bits per heavy atom. The molecule has 4 amide bonds. The molecule has 7 nitrogen and oxygen atoms in total. The first kappa shape index (κ1) is 14.6. The van der Waals surface area contributed by atoms with Crippen molar-refractivity contribution in [1.29, 1.82) is 0 Å². The number of halogens is 3. The van der Waals surface area contributed by atoms with Gasteiger partial charge in [0.1, 0.15) is 5.54 Å². The van der Waals surface area contributed by atoms with E-state index in [1.165, 1.54) is 4.90 Å². The highest BCUT2D eigenvalue weighted by Crippen LogP contribution is 2.24. The van der Waals surface area contributed by atoms with E-state index in [2.05, 4.69) is 10.6 Å². The van der Waals surface area contributed by atoms with Gasteiger partial charge in [-0.2, -0.15) is 13.2 Å². The Hall–Kier alpha value is -1.84. The summed E-state index contributed by atoms with van der Waals surface area (Å²) in [5, 5.41) is 6.53. The van der Waals surface area contributed by atoms with Crippen LogP contribution in [0, 0.1) is 0 Å². The van der Waals surface area contributed by atoms with Crippen molar-refractivity contribution >= 4 is 17.8 Å². The summed E-state index contributed by atoms with van der Waals surface area (Å²) in [5.41, 5.74) is -1.14. The van der Waals surface area contributed by atoms with Gasteiger partial charge in [-0.15, -0.1) is 0 Å². The number of nitrogens with zero attached hydrogens (tertiary/aromatic N) is 1. The molecule has 20 heavy (non-hydrogen) atoms. The van der Waals surface area contributed by atoms with E-state index in [1.54, 1.807) is 0 Å². The van der Waals surface area contributed by atoms with Crippen molar-refractivity contribution in [3.63, 3.8) is 0 Å². The van der Waals surface area contributed by atoms with E-state index < -0.39 is 42.7 Å². The van der Waals surface area contributed by atoms with Crippen molar-refractivity contribution in [2.24, 2.45) is 0 Å². The van der Waals surface area contributed by atoms with Gasteiger partial charge in [0.05, 0.1) is 19.6 Å². The fraction of sp³-hybridized carbons (Fsp3) is 0.700. The molecule has 1 spiro atoms. The number of carbonyl (C=O) groups excluding carboxylic acids is 3. The van der Waals surface area contributed by atoms with Crippen LogP contribution in [0.1, 0.15) is 6.42 Å². The number of hydrogen-bond donors (Lipinski definition) is 3. The third-order valence-corrected chi connectivity index (χ3v) is 3.24. The number of alkyl halides is 3. The monoisotopic (exact) mass is 294 g/mol. The van der Waals surface area contributed by atoms with Crippen molar-refractivity contribution < 1.29 is 27.6 Å². The molecule has 0 aliphatic carbocycles. The Morgan fingerprint density at radius 3 is 2.65 bits per heavy atom. The number of hydrogen-bond acceptors (Lipinski definition) is 4. The number of amides is 4. The third-order valence-electron chi connectivity index (χ3n) is 3.24. The van der Waals surface area contributed by atoms with Gasteiger partial charge in [0.25, 0.3) is 5.91 Å². The second-order valence-corrected chi connectivity index (χ2v) is 4.77. The fourth-order valence-corrected chi connectivity index (χ4v) is 2.26. The molecule has 2 aliphatic rings. The lowest BCUT2D eigenvalue weighted by atomic mass is 10.00. The second kappa shape index (κ2) is 4.93. The minimum Gasteiger partial charge on any atom is -0.339 e. The van der Waals surface area contributed by atoms with Gasteiger partial charge in [-0.1, -0.05) is 0 Å². The molecule has 2 saturated heterocycles. The van der Waals surface area contributed by atoms with Crippen LogP contribution in [0.15, 0.2) is 0 Å². The fourth-order valence-electron chi connectivity index (χ4n) is 2.26. The minimum atomic E-state index is -4.38. The van der Waals surface area contributed by atoms with Crippen molar-refractivity contribution in [2.75, 3.05) is 26.2 Å². The molecule has 2 fully saturated rings. The van der Waals surface area contributed by atoms with Crippen LogP contribution in [-0.2, 0) is 9.59 Å². The molecule has 0 radical (unpaired) electrons. The maximum atomic E-state index is 11.9. The molecule has 1 atom stereocenters. The van der Waals surface area contributed by atoms with Gasteiger partial charge < -0.3 is 15.5 Å². The molecular weight excluding hydrogens is 281 g/mol. The van der Waals surface area contributed by atoms with Crippen molar-refractivity contribution in [3.05, 3.63) is 0 Å². The van der Waals surface area contributed by atoms with E-state index in [1.807, 2.05) is 5.32 Å². The summed E-state index contributed by atoms with van der Waals surface area (Å²) in [7, 11) is 0. The first-order valence-corrected chi connectivity index (χ1v) is 5.91. The number of likely N-dealkylation sites (tertiary alicyclic amines) is 1. The summed E-state index contributed by atoms with van der Waals surface area (Å²) >= 11 is 0. The lowest BCUT2D eigenvalue weighted by Crippen LogP contribution is -2.50. The molecule has 2 rings (SSSR count). The topological polar surface area (TPSA) is 90.5 Å². The smallest absolute Gasteiger partial charge is 0.339 e. The number of nitrogens with one attached hydrogen (secondary N) is 3. The first-order chi connectivity index (χ1) is 9.22. The number of carbonyl (C=O) groups is 3. The lowest BCUT2D eigenvalue weighted by Gasteiger charge is -2.21. The van der Waals surface area contributed by atoms with Crippen molar-refractivity contribution in [1.82, 2.24) is 20.9 Å². The average Bonchev–Trinajstić information content (AvgIpc) is 2.83. The van der Waals surface area contributed by atoms with Gasteiger partial charge in [-0.3, -0.25) is 14.9 Å². The quantitative estimate of drug-likeness (QED) is 0.579. The number of urea groups is 1.